The summed E-state index contributed by atoms with van der Waals surface area (Å²) in [4.78, 5) is 18.8. The van der Waals surface area contributed by atoms with Crippen LogP contribution >= 0.6 is 15.9 Å². The maximum absolute atomic E-state index is 12.6. The molecule has 0 N–H and O–H groups in total. The molecule has 0 unspecified atom stereocenters. The van der Waals surface area contributed by atoms with Crippen molar-refractivity contribution in [2.75, 3.05) is 0 Å². The van der Waals surface area contributed by atoms with E-state index in [1.54, 1.807) is 12.4 Å². The van der Waals surface area contributed by atoms with Crippen molar-refractivity contribution in [2.45, 2.75) is 44.7 Å². The summed E-state index contributed by atoms with van der Waals surface area (Å²) in [6, 6.07) is 2.71. The molecule has 2 aliphatic carbocycles. The summed E-state index contributed by atoms with van der Waals surface area (Å²) in [5.41, 5.74) is 0.698. The van der Waals surface area contributed by atoms with Gasteiger partial charge in [0.25, 0.3) is 5.91 Å². The molecule has 1 atom stereocenters. The summed E-state index contributed by atoms with van der Waals surface area (Å²) in [5, 5.41) is 0. The van der Waals surface area contributed by atoms with E-state index in [2.05, 4.69) is 32.7 Å². The van der Waals surface area contributed by atoms with Gasteiger partial charge < -0.3 is 4.90 Å². The second-order valence-electron chi connectivity index (χ2n) is 5.41. The minimum absolute atomic E-state index is 0.144. The summed E-state index contributed by atoms with van der Waals surface area (Å²) in [6.07, 6.45) is 8.24. The first-order chi connectivity index (χ1) is 8.66. The van der Waals surface area contributed by atoms with Crippen molar-refractivity contribution in [1.82, 2.24) is 9.88 Å². The zero-order valence-corrected chi connectivity index (χ0v) is 12.1. The van der Waals surface area contributed by atoms with Crippen LogP contribution in [-0.4, -0.2) is 27.9 Å². The van der Waals surface area contributed by atoms with Gasteiger partial charge in [-0.05, 0) is 60.5 Å². The standard InChI is InChI=1S/C14H17BrN2O/c1-9(10-2-3-10)17(13-4-5-13)14(18)11-6-12(15)8-16-7-11/h6-10,13H,2-5H2,1H3/t9-/m0/s1. The molecular weight excluding hydrogens is 292 g/mol. The lowest BCUT2D eigenvalue weighted by Crippen LogP contribution is -2.41. The predicted octanol–water partition coefficient (Wildman–Crippen LogP) is 3.25. The number of carbonyl (C=O) groups is 1. The van der Waals surface area contributed by atoms with E-state index in [-0.39, 0.29) is 5.91 Å². The number of rotatable bonds is 4. The Bertz CT molecular complexity index is 469. The molecule has 1 heterocycles. The van der Waals surface area contributed by atoms with Crippen molar-refractivity contribution in [3.8, 4) is 0 Å². The van der Waals surface area contributed by atoms with Gasteiger partial charge in [0, 0.05) is 29.0 Å². The first-order valence-corrected chi connectivity index (χ1v) is 7.39. The van der Waals surface area contributed by atoms with Gasteiger partial charge in [-0.1, -0.05) is 0 Å². The number of hydrogen-bond acceptors (Lipinski definition) is 2. The van der Waals surface area contributed by atoms with E-state index < -0.39 is 0 Å². The van der Waals surface area contributed by atoms with Gasteiger partial charge in [0.1, 0.15) is 0 Å². The van der Waals surface area contributed by atoms with E-state index in [1.165, 1.54) is 12.8 Å². The zero-order valence-electron chi connectivity index (χ0n) is 10.5. The summed E-state index contributed by atoms with van der Waals surface area (Å²) >= 11 is 3.38. The third kappa shape index (κ3) is 2.44. The van der Waals surface area contributed by atoms with Crippen LogP contribution in [0, 0.1) is 5.92 Å². The molecule has 0 radical (unpaired) electrons. The number of carbonyl (C=O) groups excluding carboxylic acids is 1. The summed E-state index contributed by atoms with van der Waals surface area (Å²) < 4.78 is 0.864. The Hall–Kier alpha value is -0.900. The second kappa shape index (κ2) is 4.65. The lowest BCUT2D eigenvalue weighted by Gasteiger charge is -2.29. The average Bonchev–Trinajstić information content (AvgIpc) is 3.21. The van der Waals surface area contributed by atoms with Crippen molar-refractivity contribution in [1.29, 1.82) is 0 Å². The molecular formula is C14H17BrN2O. The second-order valence-corrected chi connectivity index (χ2v) is 6.33. The van der Waals surface area contributed by atoms with Gasteiger partial charge in [-0.3, -0.25) is 9.78 Å². The van der Waals surface area contributed by atoms with Crippen LogP contribution in [0.2, 0.25) is 0 Å². The Balaban J connectivity index is 1.83. The van der Waals surface area contributed by atoms with Crippen LogP contribution in [0.3, 0.4) is 0 Å². The van der Waals surface area contributed by atoms with Gasteiger partial charge in [-0.15, -0.1) is 0 Å². The Morgan fingerprint density at radius 2 is 2.11 bits per heavy atom. The molecule has 18 heavy (non-hydrogen) atoms. The third-order valence-electron chi connectivity index (χ3n) is 3.87. The molecule has 1 amide bonds. The smallest absolute Gasteiger partial charge is 0.255 e. The van der Waals surface area contributed by atoms with Gasteiger partial charge in [0.2, 0.25) is 0 Å². The van der Waals surface area contributed by atoms with Gasteiger partial charge in [-0.25, -0.2) is 0 Å². The zero-order chi connectivity index (χ0) is 12.7. The highest BCUT2D eigenvalue weighted by atomic mass is 79.9. The van der Waals surface area contributed by atoms with Gasteiger partial charge in [0.05, 0.1) is 5.56 Å². The van der Waals surface area contributed by atoms with Crippen LogP contribution in [0.1, 0.15) is 43.0 Å². The van der Waals surface area contributed by atoms with Crippen molar-refractivity contribution < 1.29 is 4.79 Å². The minimum atomic E-state index is 0.144. The number of nitrogens with zero attached hydrogens (tertiary/aromatic N) is 2. The molecule has 0 saturated heterocycles. The molecule has 3 rings (SSSR count). The Labute approximate surface area is 116 Å². The van der Waals surface area contributed by atoms with Crippen molar-refractivity contribution in [3.63, 3.8) is 0 Å². The Morgan fingerprint density at radius 1 is 1.39 bits per heavy atom. The number of aromatic nitrogens is 1. The van der Waals surface area contributed by atoms with E-state index in [0.717, 1.165) is 23.2 Å². The molecule has 1 aromatic rings. The fourth-order valence-corrected chi connectivity index (χ4v) is 2.88. The molecule has 0 bridgehead atoms. The van der Waals surface area contributed by atoms with Gasteiger partial charge in [0.15, 0.2) is 0 Å². The van der Waals surface area contributed by atoms with E-state index in [0.29, 0.717) is 17.6 Å². The number of pyridine rings is 1. The lowest BCUT2D eigenvalue weighted by atomic mass is 10.1. The van der Waals surface area contributed by atoms with Gasteiger partial charge >= 0.3 is 0 Å². The maximum atomic E-state index is 12.6. The molecule has 4 heteroatoms. The summed E-state index contributed by atoms with van der Waals surface area (Å²) in [5.74, 6) is 0.861. The topological polar surface area (TPSA) is 33.2 Å². The van der Waals surface area contributed by atoms with Crippen molar-refractivity contribution in [3.05, 3.63) is 28.5 Å². The van der Waals surface area contributed by atoms with Crippen LogP contribution in [0.5, 0.6) is 0 Å². The monoisotopic (exact) mass is 308 g/mol. The molecule has 0 spiro atoms. The van der Waals surface area contributed by atoms with Crippen LogP contribution in [0.25, 0.3) is 0 Å². The Morgan fingerprint density at radius 3 is 2.67 bits per heavy atom. The molecule has 96 valence electrons. The summed E-state index contributed by atoms with van der Waals surface area (Å²) in [6.45, 7) is 2.19. The van der Waals surface area contributed by atoms with E-state index >= 15 is 0 Å². The average molecular weight is 309 g/mol. The maximum Gasteiger partial charge on any atom is 0.255 e. The first kappa shape index (κ1) is 12.2. The van der Waals surface area contributed by atoms with E-state index in [1.807, 2.05) is 6.07 Å². The largest absolute Gasteiger partial charge is 0.333 e. The molecule has 1 aromatic heterocycles. The van der Waals surface area contributed by atoms with Crippen LogP contribution in [0.15, 0.2) is 22.9 Å². The fourth-order valence-electron chi connectivity index (χ4n) is 2.52. The molecule has 2 saturated carbocycles. The molecule has 0 aromatic carbocycles. The highest BCUT2D eigenvalue weighted by molar-refractivity contribution is 9.10. The predicted molar refractivity (Wildman–Crippen MR) is 73.3 cm³/mol. The molecule has 3 nitrogen and oxygen atoms in total. The highest BCUT2D eigenvalue weighted by Crippen LogP contribution is 2.40. The quantitative estimate of drug-likeness (QED) is 0.855. The third-order valence-corrected chi connectivity index (χ3v) is 4.30. The summed E-state index contributed by atoms with van der Waals surface area (Å²) in [7, 11) is 0. The number of amides is 1. The van der Waals surface area contributed by atoms with E-state index in [9.17, 15) is 4.79 Å². The van der Waals surface area contributed by atoms with Crippen molar-refractivity contribution >= 4 is 21.8 Å². The Kier molecular flexibility index (Phi) is 3.14. The highest BCUT2D eigenvalue weighted by Gasteiger charge is 2.41. The van der Waals surface area contributed by atoms with Crippen molar-refractivity contribution in [2.24, 2.45) is 5.92 Å². The molecule has 2 fully saturated rings. The SMILES string of the molecule is C[C@@H](C1CC1)N(C(=O)c1cncc(Br)c1)C1CC1. The fraction of sp³-hybridized carbons (Fsp3) is 0.571. The minimum Gasteiger partial charge on any atom is -0.333 e. The van der Waals surface area contributed by atoms with Crippen LogP contribution in [-0.2, 0) is 0 Å². The first-order valence-electron chi connectivity index (χ1n) is 6.60. The van der Waals surface area contributed by atoms with Gasteiger partial charge in [-0.2, -0.15) is 0 Å². The normalized spacial score (nSPS) is 20.6. The number of hydrogen-bond donors (Lipinski definition) is 0. The molecule has 0 aliphatic heterocycles. The van der Waals surface area contributed by atoms with Crippen LogP contribution in [0.4, 0.5) is 0 Å². The number of halogens is 1. The van der Waals surface area contributed by atoms with E-state index in [4.69, 9.17) is 0 Å². The molecule has 2 aliphatic rings. The lowest BCUT2D eigenvalue weighted by molar-refractivity contribution is 0.0653. The van der Waals surface area contributed by atoms with Crippen LogP contribution < -0.4 is 0 Å².